The van der Waals surface area contributed by atoms with E-state index in [4.69, 9.17) is 5.11 Å². The predicted molar refractivity (Wildman–Crippen MR) is 73.7 cm³/mol. The van der Waals surface area contributed by atoms with E-state index in [1.807, 2.05) is 6.92 Å². The number of carboxylic acids is 1. The van der Waals surface area contributed by atoms with Crippen LogP contribution in [0.1, 0.15) is 45.4 Å². The molecule has 1 atom stereocenters. The molecule has 4 nitrogen and oxygen atoms in total. The van der Waals surface area contributed by atoms with Gasteiger partial charge < -0.3 is 15.7 Å². The molecule has 0 aliphatic carbocycles. The Bertz CT molecular complexity index is 212. The standard InChI is InChI=1S/C9H17NO2.C5H11N/c1-2-8(9(11)12)7-3-5-10-6-4-7;1-2-4-6-5-3-1/h7-8,10H,2-6H2,1H3,(H,11,12);6H,1-5H2. The van der Waals surface area contributed by atoms with E-state index in [2.05, 4.69) is 10.6 Å². The molecule has 0 aromatic carbocycles. The van der Waals surface area contributed by atoms with Gasteiger partial charge in [-0.15, -0.1) is 0 Å². The van der Waals surface area contributed by atoms with Crippen molar-refractivity contribution in [1.29, 1.82) is 0 Å². The van der Waals surface area contributed by atoms with E-state index in [1.54, 1.807) is 0 Å². The zero-order valence-electron chi connectivity index (χ0n) is 11.6. The third-order valence-corrected chi connectivity index (χ3v) is 3.92. The number of aliphatic carboxylic acids is 1. The van der Waals surface area contributed by atoms with Crippen LogP contribution in [0.5, 0.6) is 0 Å². The van der Waals surface area contributed by atoms with Crippen LogP contribution in [0.2, 0.25) is 0 Å². The van der Waals surface area contributed by atoms with Crippen molar-refractivity contribution in [2.75, 3.05) is 26.2 Å². The van der Waals surface area contributed by atoms with Crippen LogP contribution in [0.15, 0.2) is 0 Å². The highest BCUT2D eigenvalue weighted by molar-refractivity contribution is 5.70. The van der Waals surface area contributed by atoms with Crippen molar-refractivity contribution in [3.8, 4) is 0 Å². The Balaban J connectivity index is 0.000000225. The van der Waals surface area contributed by atoms with Gasteiger partial charge in [-0.2, -0.15) is 0 Å². The quantitative estimate of drug-likeness (QED) is 0.721. The minimum absolute atomic E-state index is 0.118. The first-order valence-corrected chi connectivity index (χ1v) is 7.40. The minimum Gasteiger partial charge on any atom is -0.481 e. The molecule has 3 N–H and O–H groups in total. The topological polar surface area (TPSA) is 61.4 Å². The lowest BCUT2D eigenvalue weighted by Gasteiger charge is -2.27. The fraction of sp³-hybridized carbons (Fsp3) is 0.929. The molecule has 18 heavy (non-hydrogen) atoms. The van der Waals surface area contributed by atoms with Crippen molar-refractivity contribution >= 4 is 5.97 Å². The second kappa shape index (κ2) is 9.34. The molecule has 2 saturated heterocycles. The van der Waals surface area contributed by atoms with Crippen LogP contribution in [0, 0.1) is 11.8 Å². The zero-order chi connectivity index (χ0) is 13.2. The number of hydrogen-bond acceptors (Lipinski definition) is 3. The number of nitrogens with one attached hydrogen (secondary N) is 2. The Kier molecular flexibility index (Phi) is 8.01. The molecule has 2 aliphatic rings. The molecule has 4 heteroatoms. The molecule has 2 heterocycles. The summed E-state index contributed by atoms with van der Waals surface area (Å²) >= 11 is 0. The van der Waals surface area contributed by atoms with Gasteiger partial charge in [0.15, 0.2) is 0 Å². The summed E-state index contributed by atoms with van der Waals surface area (Å²) in [4.78, 5) is 10.8. The molecule has 0 radical (unpaired) electrons. The Labute approximate surface area is 111 Å². The highest BCUT2D eigenvalue weighted by atomic mass is 16.4. The number of rotatable bonds is 3. The van der Waals surface area contributed by atoms with E-state index in [-0.39, 0.29) is 5.92 Å². The van der Waals surface area contributed by atoms with Crippen LogP contribution >= 0.6 is 0 Å². The first-order chi connectivity index (χ1) is 8.75. The molecule has 0 spiro atoms. The summed E-state index contributed by atoms with van der Waals surface area (Å²) in [5, 5.41) is 15.4. The molecular formula is C14H28N2O2. The summed E-state index contributed by atoms with van der Waals surface area (Å²) in [6.45, 7) is 6.42. The van der Waals surface area contributed by atoms with Crippen LogP contribution in [-0.2, 0) is 4.79 Å². The molecule has 2 aliphatic heterocycles. The lowest BCUT2D eigenvalue weighted by molar-refractivity contribution is -0.144. The molecule has 0 aromatic rings. The second-order valence-corrected chi connectivity index (χ2v) is 5.25. The molecule has 106 valence electrons. The Morgan fingerprint density at radius 3 is 2.00 bits per heavy atom. The molecule has 2 rings (SSSR count). The third kappa shape index (κ3) is 5.83. The molecule has 0 aromatic heterocycles. The lowest BCUT2D eigenvalue weighted by Crippen LogP contribution is -2.34. The van der Waals surface area contributed by atoms with E-state index in [0.717, 1.165) is 32.4 Å². The maximum absolute atomic E-state index is 10.8. The van der Waals surface area contributed by atoms with Gasteiger partial charge in [0, 0.05) is 0 Å². The van der Waals surface area contributed by atoms with Gasteiger partial charge in [-0.3, -0.25) is 4.79 Å². The van der Waals surface area contributed by atoms with Crippen molar-refractivity contribution in [2.45, 2.75) is 45.4 Å². The highest BCUT2D eigenvalue weighted by Crippen LogP contribution is 2.24. The maximum Gasteiger partial charge on any atom is 0.306 e. The van der Waals surface area contributed by atoms with Crippen LogP contribution in [-0.4, -0.2) is 37.3 Å². The first-order valence-electron chi connectivity index (χ1n) is 7.40. The number of carboxylic acid groups (broad SMARTS) is 1. The summed E-state index contributed by atoms with van der Waals surface area (Å²) in [7, 11) is 0. The lowest BCUT2D eigenvalue weighted by atomic mass is 9.83. The molecule has 0 bridgehead atoms. The monoisotopic (exact) mass is 256 g/mol. The highest BCUT2D eigenvalue weighted by Gasteiger charge is 2.27. The van der Waals surface area contributed by atoms with E-state index in [0.29, 0.717) is 5.92 Å². The summed E-state index contributed by atoms with van der Waals surface area (Å²) in [6.07, 6.45) is 7.02. The van der Waals surface area contributed by atoms with Gasteiger partial charge in [-0.1, -0.05) is 13.3 Å². The van der Waals surface area contributed by atoms with Gasteiger partial charge in [-0.05, 0) is 64.2 Å². The van der Waals surface area contributed by atoms with Gasteiger partial charge in [0.05, 0.1) is 5.92 Å². The number of piperidine rings is 2. The average Bonchev–Trinajstić information content (AvgIpc) is 2.43. The van der Waals surface area contributed by atoms with Crippen LogP contribution < -0.4 is 10.6 Å². The van der Waals surface area contributed by atoms with E-state index in [9.17, 15) is 4.79 Å². The third-order valence-electron chi connectivity index (χ3n) is 3.92. The minimum atomic E-state index is -0.621. The van der Waals surface area contributed by atoms with Gasteiger partial charge in [-0.25, -0.2) is 0 Å². The van der Waals surface area contributed by atoms with Crippen LogP contribution in [0.3, 0.4) is 0 Å². The largest absolute Gasteiger partial charge is 0.481 e. The van der Waals surface area contributed by atoms with Gasteiger partial charge in [0.1, 0.15) is 0 Å². The fourth-order valence-corrected chi connectivity index (χ4v) is 2.76. The fourth-order valence-electron chi connectivity index (χ4n) is 2.76. The summed E-state index contributed by atoms with van der Waals surface area (Å²) in [6, 6.07) is 0. The van der Waals surface area contributed by atoms with E-state index >= 15 is 0 Å². The Morgan fingerprint density at radius 1 is 1.11 bits per heavy atom. The summed E-state index contributed by atoms with van der Waals surface area (Å²) < 4.78 is 0. The summed E-state index contributed by atoms with van der Waals surface area (Å²) in [5.41, 5.74) is 0. The predicted octanol–water partition coefficient (Wildman–Crippen LogP) is 1.86. The van der Waals surface area contributed by atoms with Crippen molar-refractivity contribution in [2.24, 2.45) is 11.8 Å². The van der Waals surface area contributed by atoms with Crippen molar-refractivity contribution in [1.82, 2.24) is 10.6 Å². The number of hydrogen-bond donors (Lipinski definition) is 3. The molecule has 1 unspecified atom stereocenters. The van der Waals surface area contributed by atoms with Gasteiger partial charge >= 0.3 is 5.97 Å². The Hall–Kier alpha value is -0.610. The van der Waals surface area contributed by atoms with Crippen LogP contribution in [0.4, 0.5) is 0 Å². The van der Waals surface area contributed by atoms with Gasteiger partial charge in [0.2, 0.25) is 0 Å². The molecule has 0 saturated carbocycles. The zero-order valence-corrected chi connectivity index (χ0v) is 11.6. The first kappa shape index (κ1) is 15.4. The van der Waals surface area contributed by atoms with Gasteiger partial charge in [0.25, 0.3) is 0 Å². The smallest absolute Gasteiger partial charge is 0.306 e. The number of carbonyl (C=O) groups is 1. The molecule has 0 amide bonds. The molecule has 2 fully saturated rings. The van der Waals surface area contributed by atoms with Crippen LogP contribution in [0.25, 0.3) is 0 Å². The van der Waals surface area contributed by atoms with Crippen molar-refractivity contribution < 1.29 is 9.90 Å². The normalized spacial score (nSPS) is 22.7. The maximum atomic E-state index is 10.8. The SMILES string of the molecule is C1CCNCC1.CCC(C(=O)O)C1CCNCC1. The van der Waals surface area contributed by atoms with E-state index < -0.39 is 5.97 Å². The van der Waals surface area contributed by atoms with Crippen molar-refractivity contribution in [3.63, 3.8) is 0 Å². The Morgan fingerprint density at radius 2 is 1.67 bits per heavy atom. The second-order valence-electron chi connectivity index (χ2n) is 5.25. The average molecular weight is 256 g/mol. The molecular weight excluding hydrogens is 228 g/mol. The summed E-state index contributed by atoms with van der Waals surface area (Å²) in [5.74, 6) is -0.342. The van der Waals surface area contributed by atoms with E-state index in [1.165, 1.54) is 32.4 Å². The van der Waals surface area contributed by atoms with Crippen molar-refractivity contribution in [3.05, 3.63) is 0 Å².